The van der Waals surface area contributed by atoms with Crippen LogP contribution in [0.15, 0.2) is 24.4 Å². The molecular weight excluding hydrogens is 292 g/mol. The Morgan fingerprint density at radius 1 is 1.48 bits per heavy atom. The van der Waals surface area contributed by atoms with Crippen molar-refractivity contribution in [3.8, 4) is 5.75 Å². The number of anilines is 1. The molecule has 1 amide bonds. The molecule has 112 valence electrons. The Morgan fingerprint density at radius 3 is 2.90 bits per heavy atom. The van der Waals surface area contributed by atoms with Gasteiger partial charge in [-0.3, -0.25) is 4.79 Å². The fourth-order valence-electron chi connectivity index (χ4n) is 2.11. The van der Waals surface area contributed by atoms with Crippen LogP contribution in [0.2, 0.25) is 5.15 Å². The summed E-state index contributed by atoms with van der Waals surface area (Å²) in [6.45, 7) is -0.00974. The van der Waals surface area contributed by atoms with Crippen LogP contribution in [0.1, 0.15) is 12.8 Å². The molecule has 0 fully saturated rings. The summed E-state index contributed by atoms with van der Waals surface area (Å²) < 4.78 is 5.36. The van der Waals surface area contributed by atoms with E-state index in [0.717, 1.165) is 10.8 Å². The van der Waals surface area contributed by atoms with E-state index in [1.54, 1.807) is 26.4 Å². The maximum absolute atomic E-state index is 12.1. The predicted octanol–water partition coefficient (Wildman–Crippen LogP) is 2.63. The zero-order valence-corrected chi connectivity index (χ0v) is 12.7. The van der Waals surface area contributed by atoms with E-state index in [9.17, 15) is 4.79 Å². The average Bonchev–Trinajstić information content (AvgIpc) is 2.51. The maximum atomic E-state index is 12.1. The lowest BCUT2D eigenvalue weighted by molar-refractivity contribution is -0.118. The van der Waals surface area contributed by atoms with Crippen molar-refractivity contribution in [1.82, 2.24) is 4.98 Å². The number of hydrogen-bond donors (Lipinski definition) is 1. The van der Waals surface area contributed by atoms with Crippen molar-refractivity contribution in [2.24, 2.45) is 0 Å². The van der Waals surface area contributed by atoms with Crippen LogP contribution in [0.5, 0.6) is 5.75 Å². The van der Waals surface area contributed by atoms with Crippen LogP contribution in [0.25, 0.3) is 10.8 Å². The van der Waals surface area contributed by atoms with Gasteiger partial charge >= 0.3 is 0 Å². The third-order valence-electron chi connectivity index (χ3n) is 3.30. The van der Waals surface area contributed by atoms with E-state index < -0.39 is 0 Å². The van der Waals surface area contributed by atoms with Crippen LogP contribution in [-0.2, 0) is 4.79 Å². The summed E-state index contributed by atoms with van der Waals surface area (Å²) >= 11 is 6.10. The molecule has 0 saturated heterocycles. The second-order valence-corrected chi connectivity index (χ2v) is 4.98. The second-order valence-electron chi connectivity index (χ2n) is 4.63. The number of fused-ring (bicyclic) bond motifs is 1. The number of carbonyl (C=O) groups is 1. The van der Waals surface area contributed by atoms with Crippen LogP contribution >= 0.6 is 11.6 Å². The maximum Gasteiger partial charge on any atom is 0.226 e. The summed E-state index contributed by atoms with van der Waals surface area (Å²) in [5, 5.41) is 10.9. The molecule has 0 unspecified atom stereocenters. The molecule has 0 aliphatic rings. The Bertz CT molecular complexity index is 661. The highest BCUT2D eigenvalue weighted by Crippen LogP contribution is 2.35. The molecule has 1 aromatic carbocycles. The quantitative estimate of drug-likeness (QED) is 0.863. The smallest absolute Gasteiger partial charge is 0.226 e. The molecule has 0 aliphatic carbocycles. The van der Waals surface area contributed by atoms with Crippen molar-refractivity contribution in [2.75, 3.05) is 25.7 Å². The number of carbonyl (C=O) groups excluding carboxylic acids is 1. The summed E-state index contributed by atoms with van der Waals surface area (Å²) in [5.74, 6) is 0.492. The van der Waals surface area contributed by atoms with Crippen molar-refractivity contribution in [2.45, 2.75) is 12.8 Å². The second kappa shape index (κ2) is 6.74. The topological polar surface area (TPSA) is 62.7 Å². The summed E-state index contributed by atoms with van der Waals surface area (Å²) in [5.41, 5.74) is 0.628. The Balaban J connectivity index is 2.46. The summed E-state index contributed by atoms with van der Waals surface area (Å²) in [4.78, 5) is 17.7. The number of rotatable bonds is 5. The van der Waals surface area contributed by atoms with Gasteiger partial charge in [-0.25, -0.2) is 4.98 Å². The van der Waals surface area contributed by atoms with Crippen LogP contribution < -0.4 is 9.64 Å². The number of aromatic nitrogens is 1. The Morgan fingerprint density at radius 2 is 2.24 bits per heavy atom. The van der Waals surface area contributed by atoms with Crippen molar-refractivity contribution in [3.05, 3.63) is 29.5 Å². The van der Waals surface area contributed by atoms with E-state index >= 15 is 0 Å². The van der Waals surface area contributed by atoms with E-state index in [4.69, 9.17) is 21.4 Å². The summed E-state index contributed by atoms with van der Waals surface area (Å²) in [6.07, 6.45) is 2.33. The monoisotopic (exact) mass is 308 g/mol. The highest BCUT2D eigenvalue weighted by Gasteiger charge is 2.17. The number of methoxy groups -OCH3 is 1. The molecule has 5 nitrogen and oxygen atoms in total. The fraction of sp³-hybridized carbons (Fsp3) is 0.333. The number of nitrogens with zero attached hydrogens (tertiary/aromatic N) is 2. The number of halogens is 1. The first-order valence-electron chi connectivity index (χ1n) is 6.58. The molecule has 0 bridgehead atoms. The lowest BCUT2D eigenvalue weighted by atomic mass is 10.1. The standard InChI is InChI=1S/C15H17ClN2O3/c1-18(14(20)4-3-7-19)12-9-11-10(8-13(12)21-2)5-6-17-15(11)16/h5-6,8-9,19H,3-4,7H2,1-2H3. The van der Waals surface area contributed by atoms with Gasteiger partial charge in [0, 0.05) is 31.7 Å². The van der Waals surface area contributed by atoms with Gasteiger partial charge in [0.25, 0.3) is 0 Å². The summed E-state index contributed by atoms with van der Waals surface area (Å²) in [7, 11) is 3.23. The fourth-order valence-corrected chi connectivity index (χ4v) is 2.33. The minimum Gasteiger partial charge on any atom is -0.495 e. The molecule has 1 N–H and O–H groups in total. The highest BCUT2D eigenvalue weighted by molar-refractivity contribution is 6.34. The highest BCUT2D eigenvalue weighted by atomic mass is 35.5. The van der Waals surface area contributed by atoms with Crippen LogP contribution in [0.4, 0.5) is 5.69 Å². The molecule has 0 atom stereocenters. The third kappa shape index (κ3) is 3.25. The number of benzene rings is 1. The molecule has 2 aromatic rings. The van der Waals surface area contributed by atoms with Crippen LogP contribution in [0.3, 0.4) is 0 Å². The van der Waals surface area contributed by atoms with Crippen molar-refractivity contribution < 1.29 is 14.6 Å². The van der Waals surface area contributed by atoms with Crippen LogP contribution in [-0.4, -0.2) is 36.8 Å². The molecule has 0 saturated carbocycles. The number of amides is 1. The zero-order valence-electron chi connectivity index (χ0n) is 12.0. The molecule has 1 heterocycles. The zero-order chi connectivity index (χ0) is 15.4. The van der Waals surface area contributed by atoms with Gasteiger partial charge in [-0.2, -0.15) is 0 Å². The van der Waals surface area contributed by atoms with Crippen molar-refractivity contribution in [3.63, 3.8) is 0 Å². The molecular formula is C15H17ClN2O3. The molecule has 1 aromatic heterocycles. The molecule has 21 heavy (non-hydrogen) atoms. The lowest BCUT2D eigenvalue weighted by Crippen LogP contribution is -2.26. The Hall–Kier alpha value is -1.85. The molecule has 2 rings (SSSR count). The van der Waals surface area contributed by atoms with Crippen LogP contribution in [0, 0.1) is 0 Å². The minimum atomic E-state index is -0.0956. The predicted molar refractivity (Wildman–Crippen MR) is 83.0 cm³/mol. The Kier molecular flexibility index (Phi) is 4.98. The van der Waals surface area contributed by atoms with Gasteiger partial charge in [0.2, 0.25) is 5.91 Å². The normalized spacial score (nSPS) is 10.7. The minimum absolute atomic E-state index is 0.00974. The third-order valence-corrected chi connectivity index (χ3v) is 3.60. The lowest BCUT2D eigenvalue weighted by Gasteiger charge is -2.21. The SMILES string of the molecule is COc1cc2ccnc(Cl)c2cc1N(C)C(=O)CCCO. The Labute approximate surface area is 128 Å². The number of pyridine rings is 1. The number of aliphatic hydroxyl groups excluding tert-OH is 1. The van der Waals surface area contributed by atoms with Gasteiger partial charge in [-0.05, 0) is 30.0 Å². The molecule has 6 heteroatoms. The van der Waals surface area contributed by atoms with E-state index in [0.29, 0.717) is 23.0 Å². The number of ether oxygens (including phenoxy) is 1. The average molecular weight is 309 g/mol. The first-order chi connectivity index (χ1) is 10.1. The van der Waals surface area contributed by atoms with E-state index in [-0.39, 0.29) is 18.9 Å². The van der Waals surface area contributed by atoms with E-state index in [1.807, 2.05) is 12.1 Å². The van der Waals surface area contributed by atoms with E-state index in [1.165, 1.54) is 4.90 Å². The number of aliphatic hydroxyl groups is 1. The van der Waals surface area contributed by atoms with Crippen molar-refractivity contribution in [1.29, 1.82) is 0 Å². The van der Waals surface area contributed by atoms with Gasteiger partial charge in [0.05, 0.1) is 12.8 Å². The first kappa shape index (κ1) is 15.5. The first-order valence-corrected chi connectivity index (χ1v) is 6.96. The van der Waals surface area contributed by atoms with Gasteiger partial charge in [0.1, 0.15) is 10.9 Å². The molecule has 0 radical (unpaired) electrons. The number of hydrogen-bond acceptors (Lipinski definition) is 4. The van der Waals surface area contributed by atoms with Crippen molar-refractivity contribution >= 4 is 34.0 Å². The van der Waals surface area contributed by atoms with Gasteiger partial charge in [0.15, 0.2) is 0 Å². The van der Waals surface area contributed by atoms with Gasteiger partial charge in [-0.15, -0.1) is 0 Å². The largest absolute Gasteiger partial charge is 0.495 e. The van der Waals surface area contributed by atoms with Gasteiger partial charge < -0.3 is 14.7 Å². The van der Waals surface area contributed by atoms with E-state index in [2.05, 4.69) is 4.98 Å². The molecule has 0 spiro atoms. The summed E-state index contributed by atoms with van der Waals surface area (Å²) in [6, 6.07) is 5.45. The van der Waals surface area contributed by atoms with Gasteiger partial charge in [-0.1, -0.05) is 11.6 Å². The molecule has 0 aliphatic heterocycles.